The highest BCUT2D eigenvalue weighted by atomic mass is 16.4. The molecule has 0 bridgehead atoms. The lowest BCUT2D eigenvalue weighted by atomic mass is 10.1. The minimum atomic E-state index is -1.07. The summed E-state index contributed by atoms with van der Waals surface area (Å²) in [7, 11) is 0. The van der Waals surface area contributed by atoms with Gasteiger partial charge in [-0.25, -0.2) is 9.78 Å². The maximum Gasteiger partial charge on any atom is 0.335 e. The van der Waals surface area contributed by atoms with Gasteiger partial charge in [0, 0.05) is 18.7 Å². The van der Waals surface area contributed by atoms with Crippen LogP contribution >= 0.6 is 0 Å². The van der Waals surface area contributed by atoms with E-state index in [0.717, 1.165) is 5.56 Å². The molecular weight excluding hydrogens is 268 g/mol. The Kier molecular flexibility index (Phi) is 4.66. The molecule has 21 heavy (non-hydrogen) atoms. The zero-order chi connectivity index (χ0) is 15.2. The minimum Gasteiger partial charge on any atom is -0.478 e. The summed E-state index contributed by atoms with van der Waals surface area (Å²) in [5, 5.41) is 11.8. The molecule has 2 rings (SSSR count). The molecule has 0 atom stereocenters. The molecule has 1 aromatic heterocycles. The molecule has 2 aromatic rings. The van der Waals surface area contributed by atoms with Crippen LogP contribution in [0.3, 0.4) is 0 Å². The number of carbonyl (C=O) groups excluding carboxylic acids is 1. The lowest BCUT2D eigenvalue weighted by molar-refractivity contribution is 0.0696. The Labute approximate surface area is 122 Å². The van der Waals surface area contributed by atoms with Crippen LogP contribution in [0, 0.1) is 0 Å². The molecule has 0 radical (unpaired) electrons. The second-order valence-corrected chi connectivity index (χ2v) is 4.56. The van der Waals surface area contributed by atoms with Crippen LogP contribution in [0.25, 0.3) is 0 Å². The molecule has 0 saturated carbocycles. The van der Waals surface area contributed by atoms with Crippen LogP contribution in [0.5, 0.6) is 0 Å². The summed E-state index contributed by atoms with van der Waals surface area (Å²) in [5.41, 5.74) is 1.76. The third kappa shape index (κ3) is 3.89. The summed E-state index contributed by atoms with van der Waals surface area (Å²) in [6.45, 7) is 2.26. The van der Waals surface area contributed by atoms with Gasteiger partial charge in [0.2, 0.25) is 0 Å². The molecule has 0 aliphatic rings. The van der Waals surface area contributed by atoms with E-state index < -0.39 is 5.97 Å². The van der Waals surface area contributed by atoms with E-state index in [4.69, 9.17) is 5.11 Å². The fourth-order valence-electron chi connectivity index (χ4n) is 1.97. The Morgan fingerprint density at radius 3 is 2.52 bits per heavy atom. The minimum absolute atomic E-state index is 0.0668. The molecule has 1 aromatic carbocycles. The van der Waals surface area contributed by atoms with Gasteiger partial charge < -0.3 is 10.4 Å². The Morgan fingerprint density at radius 1 is 1.19 bits per heavy atom. The maximum absolute atomic E-state index is 11.9. The highest BCUT2D eigenvalue weighted by molar-refractivity contribution is 5.96. The standard InChI is InChI=1S/C16H16N2O3/c1-2-17-15(19)14-10-12(16(20)21)9-13(18-14)8-11-6-4-3-5-7-11/h3-7,9-10H,2,8H2,1H3,(H,17,19)(H,20,21). The summed E-state index contributed by atoms with van der Waals surface area (Å²) in [6.07, 6.45) is 0.481. The van der Waals surface area contributed by atoms with Gasteiger partial charge in [-0.05, 0) is 24.6 Å². The average Bonchev–Trinajstić information content (AvgIpc) is 2.48. The first-order valence-electron chi connectivity index (χ1n) is 6.66. The number of nitrogens with zero attached hydrogens (tertiary/aromatic N) is 1. The molecular formula is C16H16N2O3. The third-order valence-electron chi connectivity index (χ3n) is 2.92. The molecule has 5 nitrogen and oxygen atoms in total. The van der Waals surface area contributed by atoms with Gasteiger partial charge in [-0.1, -0.05) is 30.3 Å². The zero-order valence-electron chi connectivity index (χ0n) is 11.7. The van der Waals surface area contributed by atoms with Crippen LogP contribution in [0.15, 0.2) is 42.5 Å². The van der Waals surface area contributed by atoms with Crippen molar-refractivity contribution in [3.63, 3.8) is 0 Å². The van der Waals surface area contributed by atoms with Crippen LogP contribution in [0.1, 0.15) is 39.0 Å². The zero-order valence-corrected chi connectivity index (χ0v) is 11.7. The molecule has 0 saturated heterocycles. The van der Waals surface area contributed by atoms with Gasteiger partial charge in [-0.3, -0.25) is 4.79 Å². The Balaban J connectivity index is 2.36. The Hall–Kier alpha value is -2.69. The summed E-state index contributed by atoms with van der Waals surface area (Å²) < 4.78 is 0. The number of pyridine rings is 1. The van der Waals surface area contributed by atoms with Gasteiger partial charge in [0.25, 0.3) is 5.91 Å². The molecule has 0 spiro atoms. The predicted octanol–water partition coefficient (Wildman–Crippen LogP) is 2.12. The number of carboxylic acids is 1. The van der Waals surface area contributed by atoms with E-state index in [2.05, 4.69) is 10.3 Å². The van der Waals surface area contributed by atoms with E-state index in [1.165, 1.54) is 12.1 Å². The van der Waals surface area contributed by atoms with E-state index in [1.807, 2.05) is 30.3 Å². The van der Waals surface area contributed by atoms with E-state index in [9.17, 15) is 9.59 Å². The van der Waals surface area contributed by atoms with Crippen molar-refractivity contribution in [3.05, 3.63) is 65.0 Å². The first-order chi connectivity index (χ1) is 10.1. The Bertz CT molecular complexity index is 654. The van der Waals surface area contributed by atoms with Gasteiger partial charge >= 0.3 is 5.97 Å². The normalized spacial score (nSPS) is 10.1. The number of nitrogens with one attached hydrogen (secondary N) is 1. The highest BCUT2D eigenvalue weighted by Crippen LogP contribution is 2.12. The summed E-state index contributed by atoms with van der Waals surface area (Å²) in [6, 6.07) is 12.4. The molecule has 0 aliphatic heterocycles. The number of aromatic nitrogens is 1. The van der Waals surface area contributed by atoms with Crippen LogP contribution < -0.4 is 5.32 Å². The molecule has 0 aliphatic carbocycles. The number of amides is 1. The van der Waals surface area contributed by atoms with Crippen molar-refractivity contribution >= 4 is 11.9 Å². The first-order valence-corrected chi connectivity index (χ1v) is 6.66. The largest absolute Gasteiger partial charge is 0.478 e. The van der Waals surface area contributed by atoms with Crippen molar-refractivity contribution in [3.8, 4) is 0 Å². The van der Waals surface area contributed by atoms with Crippen molar-refractivity contribution in [1.82, 2.24) is 10.3 Å². The summed E-state index contributed by atoms with van der Waals surface area (Å²) in [5.74, 6) is -1.44. The molecule has 1 amide bonds. The number of carbonyl (C=O) groups is 2. The van der Waals surface area contributed by atoms with Crippen LogP contribution in [0.4, 0.5) is 0 Å². The van der Waals surface area contributed by atoms with E-state index in [-0.39, 0.29) is 17.2 Å². The van der Waals surface area contributed by atoms with Crippen molar-refractivity contribution in [2.75, 3.05) is 6.54 Å². The Morgan fingerprint density at radius 2 is 1.90 bits per heavy atom. The van der Waals surface area contributed by atoms with Gasteiger partial charge in [0.05, 0.1) is 5.56 Å². The van der Waals surface area contributed by atoms with Crippen LogP contribution in [-0.2, 0) is 6.42 Å². The quantitative estimate of drug-likeness (QED) is 0.881. The molecule has 5 heteroatoms. The molecule has 0 unspecified atom stereocenters. The fraction of sp³-hybridized carbons (Fsp3) is 0.188. The van der Waals surface area contributed by atoms with Crippen molar-refractivity contribution in [1.29, 1.82) is 0 Å². The monoisotopic (exact) mass is 284 g/mol. The molecule has 108 valence electrons. The number of aromatic carboxylic acids is 1. The fourth-order valence-corrected chi connectivity index (χ4v) is 1.97. The van der Waals surface area contributed by atoms with Gasteiger partial charge in [0.15, 0.2) is 0 Å². The van der Waals surface area contributed by atoms with Crippen molar-refractivity contribution < 1.29 is 14.7 Å². The predicted molar refractivity (Wildman–Crippen MR) is 78.5 cm³/mol. The van der Waals surface area contributed by atoms with Crippen LogP contribution in [0.2, 0.25) is 0 Å². The molecule has 0 fully saturated rings. The second kappa shape index (κ2) is 6.65. The lowest BCUT2D eigenvalue weighted by Crippen LogP contribution is -2.24. The SMILES string of the molecule is CCNC(=O)c1cc(C(=O)O)cc(Cc2ccccc2)n1. The number of hydrogen-bond donors (Lipinski definition) is 2. The molecule has 1 heterocycles. The second-order valence-electron chi connectivity index (χ2n) is 4.56. The number of benzene rings is 1. The molecule has 2 N–H and O–H groups in total. The van der Waals surface area contributed by atoms with Gasteiger partial charge in [-0.15, -0.1) is 0 Å². The number of rotatable bonds is 5. The smallest absolute Gasteiger partial charge is 0.335 e. The van der Waals surface area contributed by atoms with Crippen molar-refractivity contribution in [2.45, 2.75) is 13.3 Å². The topological polar surface area (TPSA) is 79.3 Å². The maximum atomic E-state index is 11.9. The van der Waals surface area contributed by atoms with Gasteiger partial charge in [-0.2, -0.15) is 0 Å². The number of carboxylic acid groups (broad SMARTS) is 1. The van der Waals surface area contributed by atoms with E-state index in [0.29, 0.717) is 18.7 Å². The first kappa shape index (κ1) is 14.7. The highest BCUT2D eigenvalue weighted by Gasteiger charge is 2.13. The number of hydrogen-bond acceptors (Lipinski definition) is 3. The summed E-state index contributed by atoms with van der Waals surface area (Å²) in [4.78, 5) is 27.3. The van der Waals surface area contributed by atoms with Gasteiger partial charge in [0.1, 0.15) is 5.69 Å². The average molecular weight is 284 g/mol. The third-order valence-corrected chi connectivity index (χ3v) is 2.92. The van der Waals surface area contributed by atoms with E-state index in [1.54, 1.807) is 6.92 Å². The van der Waals surface area contributed by atoms with Crippen molar-refractivity contribution in [2.24, 2.45) is 0 Å². The van der Waals surface area contributed by atoms with E-state index >= 15 is 0 Å². The summed E-state index contributed by atoms with van der Waals surface area (Å²) >= 11 is 0. The van der Waals surface area contributed by atoms with Crippen LogP contribution in [-0.4, -0.2) is 28.5 Å². The lowest BCUT2D eigenvalue weighted by Gasteiger charge is -2.07.